The molecule has 0 amide bonds. The molecular formula is C7H9N4Y-. The van der Waals surface area contributed by atoms with Crippen LogP contribution < -0.4 is 10.6 Å². The van der Waals surface area contributed by atoms with Gasteiger partial charge in [-0.3, -0.25) is 0 Å². The number of hydrogen-bond acceptors (Lipinski definition) is 4. The number of nitrogens with one attached hydrogen (secondary N) is 2. The Kier molecular flexibility index (Phi) is 3.01. The third kappa shape index (κ3) is 1.59. The molecule has 0 spiro atoms. The van der Waals surface area contributed by atoms with Gasteiger partial charge in [0.2, 0.25) is 0 Å². The Balaban J connectivity index is 0.000000720. The normalized spacial score (nSPS) is 18.7. The van der Waals surface area contributed by atoms with E-state index in [4.69, 9.17) is 0 Å². The van der Waals surface area contributed by atoms with Gasteiger partial charge in [-0.1, -0.05) is 6.92 Å². The van der Waals surface area contributed by atoms with E-state index in [9.17, 15) is 0 Å². The van der Waals surface area contributed by atoms with Crippen molar-refractivity contribution in [3.8, 4) is 0 Å². The third-order valence-electron chi connectivity index (χ3n) is 1.69. The summed E-state index contributed by atoms with van der Waals surface area (Å²) in [5, 5.41) is 6.35. The fourth-order valence-corrected chi connectivity index (χ4v) is 1.17. The van der Waals surface area contributed by atoms with Crippen molar-refractivity contribution >= 4 is 11.5 Å². The topological polar surface area (TPSA) is 49.8 Å². The number of anilines is 2. The molecule has 61 valence electrons. The number of hydrogen-bond donors (Lipinski definition) is 2. The maximum atomic E-state index is 3.96. The average Bonchev–Trinajstić information content (AvgIpc) is 2.31. The van der Waals surface area contributed by atoms with E-state index in [2.05, 4.69) is 26.9 Å². The Hall–Kier alpha value is -0.216. The molecule has 2 rings (SSSR count). The molecule has 2 N–H and O–H groups in total. The second-order valence-corrected chi connectivity index (χ2v) is 2.64. The van der Waals surface area contributed by atoms with Gasteiger partial charge in [0.05, 0.1) is 6.17 Å². The van der Waals surface area contributed by atoms with Gasteiger partial charge in [0.1, 0.15) is 0 Å². The molecule has 4 nitrogen and oxygen atoms in total. The van der Waals surface area contributed by atoms with Gasteiger partial charge in [-0.05, 0) is 18.3 Å². The van der Waals surface area contributed by atoms with Gasteiger partial charge in [0.15, 0.2) is 0 Å². The minimum absolute atomic E-state index is 0. The predicted octanol–water partition coefficient (Wildman–Crippen LogP) is 0.766. The number of rotatable bonds is 0. The number of aryl methyl sites for hydroxylation is 1. The van der Waals surface area contributed by atoms with E-state index in [1.165, 1.54) is 0 Å². The summed E-state index contributed by atoms with van der Waals surface area (Å²) in [6.45, 7) is 3.96. The second-order valence-electron chi connectivity index (χ2n) is 2.64. The molecule has 1 aromatic heterocycles. The molecule has 1 aliphatic heterocycles. The zero-order valence-electron chi connectivity index (χ0n) is 7.05. The summed E-state index contributed by atoms with van der Waals surface area (Å²) in [5.41, 5.74) is 1.93. The molecule has 1 atom stereocenters. The number of aromatic nitrogens is 2. The first-order valence-electron chi connectivity index (χ1n) is 3.55. The molecule has 0 saturated carbocycles. The van der Waals surface area contributed by atoms with Crippen LogP contribution in [-0.2, 0) is 32.7 Å². The van der Waals surface area contributed by atoms with Gasteiger partial charge in [0.25, 0.3) is 0 Å². The fourth-order valence-electron chi connectivity index (χ4n) is 1.17. The van der Waals surface area contributed by atoms with E-state index in [-0.39, 0.29) is 38.9 Å². The quantitative estimate of drug-likeness (QED) is 0.655. The van der Waals surface area contributed by atoms with Crippen molar-refractivity contribution in [2.24, 2.45) is 0 Å². The molecule has 1 unspecified atom stereocenters. The van der Waals surface area contributed by atoms with Crippen LogP contribution in [-0.4, -0.2) is 16.1 Å². The first-order valence-corrected chi connectivity index (χ1v) is 3.55. The number of nitrogens with zero attached hydrogens (tertiary/aromatic N) is 2. The second kappa shape index (κ2) is 3.66. The minimum Gasteiger partial charge on any atom is -0.402 e. The predicted molar refractivity (Wildman–Crippen MR) is 42.3 cm³/mol. The molecule has 1 aromatic rings. The Morgan fingerprint density at radius 3 is 2.75 bits per heavy atom. The van der Waals surface area contributed by atoms with Crippen molar-refractivity contribution in [3.05, 3.63) is 12.0 Å². The molecule has 12 heavy (non-hydrogen) atoms. The van der Waals surface area contributed by atoms with Crippen LogP contribution in [0, 0.1) is 13.3 Å². The van der Waals surface area contributed by atoms with E-state index in [1.807, 2.05) is 13.8 Å². The van der Waals surface area contributed by atoms with E-state index < -0.39 is 0 Å². The van der Waals surface area contributed by atoms with Crippen LogP contribution >= 0.6 is 0 Å². The van der Waals surface area contributed by atoms with Crippen LogP contribution in [0.5, 0.6) is 0 Å². The summed E-state index contributed by atoms with van der Waals surface area (Å²) in [7, 11) is 0. The van der Waals surface area contributed by atoms with Crippen LogP contribution in [0.15, 0.2) is 0 Å². The fraction of sp³-hybridized carbons (Fsp3) is 0.429. The molecule has 0 aliphatic carbocycles. The Bertz CT molecular complexity index is 289. The van der Waals surface area contributed by atoms with E-state index >= 15 is 0 Å². The Morgan fingerprint density at radius 2 is 2.08 bits per heavy atom. The van der Waals surface area contributed by atoms with Crippen molar-refractivity contribution < 1.29 is 32.7 Å². The van der Waals surface area contributed by atoms with Crippen molar-refractivity contribution in [2.45, 2.75) is 20.0 Å². The standard InChI is InChI=1S/C7H9N4.Y/c1-4-6-7(9-3-8-4)11-5(2)10-6;/h5,10H,1-2H3,(H,8,9,11);/q-1;. The summed E-state index contributed by atoms with van der Waals surface area (Å²) in [6.07, 6.45) is 2.82. The molecule has 5 heteroatoms. The van der Waals surface area contributed by atoms with Gasteiger partial charge < -0.3 is 20.6 Å². The van der Waals surface area contributed by atoms with Crippen LogP contribution in [0.4, 0.5) is 11.5 Å². The Labute approximate surface area is 96.4 Å². The van der Waals surface area contributed by atoms with E-state index in [0.29, 0.717) is 0 Å². The average molecular weight is 238 g/mol. The number of fused-ring (bicyclic) bond motifs is 1. The molecular weight excluding hydrogens is 229 g/mol. The maximum absolute atomic E-state index is 3.96. The van der Waals surface area contributed by atoms with Gasteiger partial charge in [-0.2, -0.15) is 0 Å². The monoisotopic (exact) mass is 238 g/mol. The summed E-state index contributed by atoms with van der Waals surface area (Å²) >= 11 is 0. The van der Waals surface area contributed by atoms with Gasteiger partial charge in [0, 0.05) is 44.9 Å². The van der Waals surface area contributed by atoms with Gasteiger partial charge in [-0.15, -0.1) is 0 Å². The zero-order valence-corrected chi connectivity index (χ0v) is 9.89. The van der Waals surface area contributed by atoms with Crippen molar-refractivity contribution in [1.29, 1.82) is 0 Å². The van der Waals surface area contributed by atoms with Gasteiger partial charge in [-0.25, -0.2) is 0 Å². The van der Waals surface area contributed by atoms with Crippen LogP contribution in [0.2, 0.25) is 0 Å². The largest absolute Gasteiger partial charge is 0.402 e. The maximum Gasteiger partial charge on any atom is 0.0829 e. The summed E-state index contributed by atoms with van der Waals surface area (Å²) in [6, 6.07) is 0. The molecule has 1 aliphatic rings. The van der Waals surface area contributed by atoms with Crippen molar-refractivity contribution in [2.75, 3.05) is 10.6 Å². The summed E-state index contributed by atoms with van der Waals surface area (Å²) in [5.74, 6) is 0.852. The zero-order chi connectivity index (χ0) is 7.84. The molecule has 0 bridgehead atoms. The molecule has 0 fully saturated rings. The first kappa shape index (κ1) is 9.87. The first-order chi connectivity index (χ1) is 5.27. The summed E-state index contributed by atoms with van der Waals surface area (Å²) < 4.78 is 0. The molecule has 0 aromatic carbocycles. The minimum atomic E-state index is 0. The van der Waals surface area contributed by atoms with Crippen molar-refractivity contribution in [3.63, 3.8) is 0 Å². The third-order valence-corrected chi connectivity index (χ3v) is 1.69. The molecule has 2 heterocycles. The summed E-state index contributed by atoms with van der Waals surface area (Å²) in [4.78, 5) is 7.91. The van der Waals surface area contributed by atoms with Crippen molar-refractivity contribution in [1.82, 2.24) is 9.97 Å². The SMILES string of the molecule is Cc1n[c-]nc2c1NC(C)N2.[Y]. The Morgan fingerprint density at radius 1 is 1.33 bits per heavy atom. The smallest absolute Gasteiger partial charge is 0.0829 e. The van der Waals surface area contributed by atoms with Crippen LogP contribution in [0.25, 0.3) is 0 Å². The van der Waals surface area contributed by atoms with Crippen LogP contribution in [0.3, 0.4) is 0 Å². The van der Waals surface area contributed by atoms with E-state index in [0.717, 1.165) is 17.2 Å². The molecule has 0 saturated heterocycles. The molecule has 1 radical (unpaired) electrons. The van der Waals surface area contributed by atoms with E-state index in [1.54, 1.807) is 0 Å². The van der Waals surface area contributed by atoms with Crippen LogP contribution in [0.1, 0.15) is 12.6 Å². The van der Waals surface area contributed by atoms with Gasteiger partial charge >= 0.3 is 0 Å².